The molecule has 166 valence electrons. The van der Waals surface area contributed by atoms with Crippen LogP contribution in [0.4, 0.5) is 5.13 Å². The van der Waals surface area contributed by atoms with Crippen LogP contribution in [0.2, 0.25) is 0 Å². The van der Waals surface area contributed by atoms with Gasteiger partial charge in [0.25, 0.3) is 5.91 Å². The molecule has 0 fully saturated rings. The Morgan fingerprint density at radius 1 is 1.12 bits per heavy atom. The van der Waals surface area contributed by atoms with Gasteiger partial charge in [0, 0.05) is 17.8 Å². The lowest BCUT2D eigenvalue weighted by molar-refractivity contribution is 0.0985. The first-order valence-corrected chi connectivity index (χ1v) is 11.6. The predicted molar refractivity (Wildman–Crippen MR) is 130 cm³/mol. The van der Waals surface area contributed by atoms with E-state index in [2.05, 4.69) is 5.10 Å². The van der Waals surface area contributed by atoms with Crippen molar-refractivity contribution < 1.29 is 9.53 Å². The normalized spacial score (nSPS) is 11.2. The van der Waals surface area contributed by atoms with Gasteiger partial charge in [-0.05, 0) is 64.4 Å². The molecular weight excluding hydrogens is 420 g/mol. The zero-order chi connectivity index (χ0) is 22.8. The molecule has 32 heavy (non-hydrogen) atoms. The highest BCUT2D eigenvalue weighted by molar-refractivity contribution is 7.22. The van der Waals surface area contributed by atoms with Crippen molar-refractivity contribution in [2.24, 2.45) is 0 Å². The van der Waals surface area contributed by atoms with E-state index < -0.39 is 0 Å². The second-order valence-corrected chi connectivity index (χ2v) is 8.97. The number of thiazole rings is 1. The molecule has 4 aromatic rings. The van der Waals surface area contributed by atoms with E-state index in [9.17, 15) is 4.79 Å². The number of carbonyl (C=O) groups is 1. The van der Waals surface area contributed by atoms with Crippen LogP contribution in [0.1, 0.15) is 39.8 Å². The van der Waals surface area contributed by atoms with Crippen LogP contribution in [0.3, 0.4) is 0 Å². The van der Waals surface area contributed by atoms with Crippen LogP contribution in [0.15, 0.2) is 42.5 Å². The quantitative estimate of drug-likeness (QED) is 0.376. The Balaban J connectivity index is 1.75. The molecule has 0 unspecified atom stereocenters. The van der Waals surface area contributed by atoms with E-state index in [-0.39, 0.29) is 5.91 Å². The first kappa shape index (κ1) is 22.0. The zero-order valence-corrected chi connectivity index (χ0v) is 20.0. The highest BCUT2D eigenvalue weighted by atomic mass is 32.1. The number of benzene rings is 2. The molecule has 0 N–H and O–H groups in total. The summed E-state index contributed by atoms with van der Waals surface area (Å²) in [4.78, 5) is 20.4. The third-order valence-electron chi connectivity index (χ3n) is 5.41. The number of ether oxygens (including phenoxy) is 1. The summed E-state index contributed by atoms with van der Waals surface area (Å²) in [6, 6.07) is 13.9. The summed E-state index contributed by atoms with van der Waals surface area (Å²) in [5.74, 6) is 0.690. The Morgan fingerprint density at radius 3 is 2.66 bits per heavy atom. The van der Waals surface area contributed by atoms with E-state index in [0.717, 1.165) is 38.5 Å². The summed E-state index contributed by atoms with van der Waals surface area (Å²) in [5, 5.41) is 5.23. The van der Waals surface area contributed by atoms with Crippen molar-refractivity contribution in [1.29, 1.82) is 0 Å². The molecule has 0 radical (unpaired) electrons. The van der Waals surface area contributed by atoms with Gasteiger partial charge in [-0.1, -0.05) is 35.1 Å². The van der Waals surface area contributed by atoms with E-state index in [4.69, 9.17) is 9.72 Å². The van der Waals surface area contributed by atoms with Crippen LogP contribution in [0.5, 0.6) is 5.75 Å². The van der Waals surface area contributed by atoms with Crippen LogP contribution in [0.25, 0.3) is 10.2 Å². The molecule has 0 atom stereocenters. The lowest BCUT2D eigenvalue weighted by Crippen LogP contribution is -2.34. The minimum absolute atomic E-state index is 0.0512. The van der Waals surface area contributed by atoms with Gasteiger partial charge in [-0.3, -0.25) is 14.4 Å². The average molecular weight is 449 g/mol. The smallest absolute Gasteiger partial charge is 0.260 e. The monoisotopic (exact) mass is 448 g/mol. The number of amides is 1. The molecule has 2 aromatic carbocycles. The summed E-state index contributed by atoms with van der Waals surface area (Å²) >= 11 is 1.51. The minimum atomic E-state index is -0.0512. The molecule has 0 saturated heterocycles. The second-order valence-electron chi connectivity index (χ2n) is 7.96. The van der Waals surface area contributed by atoms with Crippen molar-refractivity contribution in [3.8, 4) is 5.75 Å². The van der Waals surface area contributed by atoms with Gasteiger partial charge in [-0.15, -0.1) is 0 Å². The van der Waals surface area contributed by atoms with Gasteiger partial charge in [-0.2, -0.15) is 5.10 Å². The minimum Gasteiger partial charge on any atom is -0.492 e. The SMILES string of the molecule is CCOc1cccc2sc(N(CCn3nc(C)cc3C)C(=O)c3cc(C)ccc3C)nc12. The third kappa shape index (κ3) is 4.39. The van der Waals surface area contributed by atoms with Crippen LogP contribution >= 0.6 is 11.3 Å². The Kier molecular flexibility index (Phi) is 6.28. The lowest BCUT2D eigenvalue weighted by atomic mass is 10.0. The molecule has 1 amide bonds. The number of para-hydroxylation sites is 1. The van der Waals surface area contributed by atoms with Crippen molar-refractivity contribution in [3.05, 3.63) is 70.5 Å². The van der Waals surface area contributed by atoms with Gasteiger partial charge in [0.2, 0.25) is 0 Å². The van der Waals surface area contributed by atoms with Crippen LogP contribution in [-0.2, 0) is 6.54 Å². The average Bonchev–Trinajstić information content (AvgIpc) is 3.33. The summed E-state index contributed by atoms with van der Waals surface area (Å²) < 4.78 is 8.70. The topological polar surface area (TPSA) is 60.2 Å². The Labute approximate surface area is 192 Å². The van der Waals surface area contributed by atoms with Crippen molar-refractivity contribution >= 4 is 32.6 Å². The Bertz CT molecular complexity index is 1270. The summed E-state index contributed by atoms with van der Waals surface area (Å²) in [7, 11) is 0. The number of aryl methyl sites for hydroxylation is 4. The van der Waals surface area contributed by atoms with Gasteiger partial charge in [0.15, 0.2) is 5.13 Å². The van der Waals surface area contributed by atoms with Gasteiger partial charge in [0.05, 0.1) is 23.5 Å². The molecule has 0 aliphatic heterocycles. The third-order valence-corrected chi connectivity index (χ3v) is 6.45. The molecule has 0 bridgehead atoms. The number of carbonyl (C=O) groups excluding carboxylic acids is 1. The Morgan fingerprint density at radius 2 is 1.94 bits per heavy atom. The van der Waals surface area contributed by atoms with Crippen LogP contribution in [0, 0.1) is 27.7 Å². The van der Waals surface area contributed by atoms with E-state index in [1.54, 1.807) is 4.90 Å². The molecular formula is C25H28N4O2S. The standard InChI is InChI=1S/C25H28N4O2S/c1-6-31-21-8-7-9-22-23(21)26-25(32-22)28(12-13-29-19(5)15-18(4)27-29)24(30)20-14-16(2)10-11-17(20)3/h7-11,14-15H,6,12-13H2,1-5H3. The maximum atomic E-state index is 13.7. The maximum Gasteiger partial charge on any atom is 0.260 e. The largest absolute Gasteiger partial charge is 0.492 e. The first-order valence-electron chi connectivity index (χ1n) is 10.8. The van der Waals surface area contributed by atoms with Crippen LogP contribution in [-0.4, -0.2) is 33.8 Å². The van der Waals surface area contributed by atoms with Crippen molar-refractivity contribution in [3.63, 3.8) is 0 Å². The first-order chi connectivity index (χ1) is 15.4. The molecule has 4 rings (SSSR count). The summed E-state index contributed by atoms with van der Waals surface area (Å²) in [5.41, 5.74) is 5.54. The number of anilines is 1. The number of hydrogen-bond acceptors (Lipinski definition) is 5. The van der Waals surface area contributed by atoms with Gasteiger partial charge < -0.3 is 4.74 Å². The highest BCUT2D eigenvalue weighted by Gasteiger charge is 2.24. The Hall–Kier alpha value is -3.19. The molecule has 0 aliphatic carbocycles. The van der Waals surface area contributed by atoms with Crippen molar-refractivity contribution in [1.82, 2.24) is 14.8 Å². The molecule has 7 heteroatoms. The zero-order valence-electron chi connectivity index (χ0n) is 19.2. The number of rotatable bonds is 7. The molecule has 2 aromatic heterocycles. The van der Waals surface area contributed by atoms with E-state index >= 15 is 0 Å². The predicted octanol–water partition coefficient (Wildman–Crippen LogP) is 5.47. The van der Waals surface area contributed by atoms with E-state index in [0.29, 0.717) is 30.4 Å². The number of hydrogen-bond donors (Lipinski definition) is 0. The second kappa shape index (κ2) is 9.12. The van der Waals surface area contributed by atoms with E-state index in [1.807, 2.05) is 81.8 Å². The summed E-state index contributed by atoms with van der Waals surface area (Å²) in [6.07, 6.45) is 0. The number of aromatic nitrogens is 3. The molecule has 0 saturated carbocycles. The fourth-order valence-electron chi connectivity index (χ4n) is 3.79. The lowest BCUT2D eigenvalue weighted by Gasteiger charge is -2.21. The number of nitrogens with zero attached hydrogens (tertiary/aromatic N) is 4. The van der Waals surface area contributed by atoms with Crippen molar-refractivity contribution in [2.75, 3.05) is 18.1 Å². The molecule has 6 nitrogen and oxygen atoms in total. The van der Waals surface area contributed by atoms with Crippen LogP contribution < -0.4 is 9.64 Å². The van der Waals surface area contributed by atoms with E-state index in [1.165, 1.54) is 11.3 Å². The maximum absolute atomic E-state index is 13.7. The van der Waals surface area contributed by atoms with Gasteiger partial charge in [0.1, 0.15) is 11.3 Å². The molecule has 2 heterocycles. The van der Waals surface area contributed by atoms with Gasteiger partial charge in [-0.25, -0.2) is 4.98 Å². The highest BCUT2D eigenvalue weighted by Crippen LogP contribution is 2.35. The van der Waals surface area contributed by atoms with Crippen molar-refractivity contribution in [2.45, 2.75) is 41.2 Å². The number of fused-ring (bicyclic) bond motifs is 1. The fourth-order valence-corrected chi connectivity index (χ4v) is 4.80. The summed E-state index contributed by atoms with van der Waals surface area (Å²) in [6.45, 7) is 11.6. The molecule has 0 spiro atoms. The van der Waals surface area contributed by atoms with Gasteiger partial charge >= 0.3 is 0 Å². The molecule has 0 aliphatic rings. The fraction of sp³-hybridized carbons (Fsp3) is 0.320.